The Balaban J connectivity index is 2.11. The van der Waals surface area contributed by atoms with Gasteiger partial charge in [0.1, 0.15) is 5.60 Å². The predicted octanol–water partition coefficient (Wildman–Crippen LogP) is 7.62. The van der Waals surface area contributed by atoms with Crippen LogP contribution in [0.25, 0.3) is 0 Å². The molecular weight excluding hydrogens is 551 g/mol. The number of amides is 1. The van der Waals surface area contributed by atoms with Crippen molar-refractivity contribution in [1.29, 1.82) is 0 Å². The fraction of sp³-hybridized carbons (Fsp3) is 0.552. The first-order valence-electron chi connectivity index (χ1n) is 13.3. The number of benzene rings is 2. The van der Waals surface area contributed by atoms with Gasteiger partial charge < -0.3 is 4.74 Å². The van der Waals surface area contributed by atoms with Gasteiger partial charge in [-0.15, -0.1) is 23.5 Å². The van der Waals surface area contributed by atoms with E-state index in [2.05, 4.69) is 31.8 Å². The number of nitrogens with zero attached hydrogens (tertiary/aromatic N) is 1. The van der Waals surface area contributed by atoms with Crippen LogP contribution < -0.4 is 0 Å². The van der Waals surface area contributed by atoms with Crippen molar-refractivity contribution < 1.29 is 17.9 Å². The maximum atomic E-state index is 14.1. The van der Waals surface area contributed by atoms with Gasteiger partial charge in [-0.25, -0.2) is 17.5 Å². The third-order valence-electron chi connectivity index (χ3n) is 6.31. The van der Waals surface area contributed by atoms with Crippen LogP contribution in [0.15, 0.2) is 60.7 Å². The van der Waals surface area contributed by atoms with E-state index in [1.54, 1.807) is 20.8 Å². The second kappa shape index (κ2) is 12.8. The smallest absolute Gasteiger partial charge is 0.424 e. The summed E-state index contributed by atoms with van der Waals surface area (Å²) in [5, 5.41) is 0. The molecule has 0 aliphatic carbocycles. The van der Waals surface area contributed by atoms with Gasteiger partial charge in [0.05, 0.1) is 15.9 Å². The highest BCUT2D eigenvalue weighted by molar-refractivity contribution is 8.18. The Morgan fingerprint density at radius 2 is 1.55 bits per heavy atom. The Bertz CT molecular complexity index is 1140. The molecule has 0 aromatic heterocycles. The highest BCUT2D eigenvalue weighted by Crippen LogP contribution is 2.54. The van der Waals surface area contributed by atoms with E-state index >= 15 is 0 Å². The monoisotopic (exact) mass is 593 g/mol. The van der Waals surface area contributed by atoms with Gasteiger partial charge in [0.15, 0.2) is 0 Å². The third-order valence-corrected chi connectivity index (χ3v) is 13.6. The minimum absolute atomic E-state index is 0.0497. The summed E-state index contributed by atoms with van der Waals surface area (Å²) in [5.41, 5.74) is 1.35. The van der Waals surface area contributed by atoms with Crippen LogP contribution in [0.2, 0.25) is 25.7 Å². The molecule has 1 amide bonds. The zero-order valence-electron chi connectivity index (χ0n) is 23.6. The van der Waals surface area contributed by atoms with E-state index in [1.807, 2.05) is 72.1 Å². The molecular formula is C29H43NO4S3Si. The first-order valence-corrected chi connectivity index (χ1v) is 20.6. The molecule has 0 bridgehead atoms. The van der Waals surface area contributed by atoms with Crippen molar-refractivity contribution in [1.82, 2.24) is 4.31 Å². The van der Waals surface area contributed by atoms with E-state index < -0.39 is 35.8 Å². The van der Waals surface area contributed by atoms with Gasteiger partial charge in [-0.2, -0.15) is 0 Å². The quantitative estimate of drug-likeness (QED) is 0.264. The summed E-state index contributed by atoms with van der Waals surface area (Å²) in [7, 11) is -5.61. The molecule has 38 heavy (non-hydrogen) atoms. The molecule has 5 nitrogen and oxygen atoms in total. The first-order chi connectivity index (χ1) is 17.7. The Kier molecular flexibility index (Phi) is 10.5. The van der Waals surface area contributed by atoms with E-state index in [9.17, 15) is 13.2 Å². The van der Waals surface area contributed by atoms with Crippen molar-refractivity contribution in [3.8, 4) is 0 Å². The fourth-order valence-corrected chi connectivity index (χ4v) is 12.5. The molecule has 0 spiro atoms. The molecule has 1 heterocycles. The van der Waals surface area contributed by atoms with E-state index in [4.69, 9.17) is 4.74 Å². The molecule has 0 saturated carbocycles. The number of sulfonamides is 1. The fourth-order valence-electron chi connectivity index (χ4n) is 4.43. The number of ether oxygens (including phenoxy) is 1. The number of hydrogen-bond acceptors (Lipinski definition) is 6. The summed E-state index contributed by atoms with van der Waals surface area (Å²) < 4.78 is 34.6. The molecule has 1 atom stereocenters. The second-order valence-electron chi connectivity index (χ2n) is 12.1. The molecule has 1 fully saturated rings. The van der Waals surface area contributed by atoms with Crippen LogP contribution in [0.3, 0.4) is 0 Å². The summed E-state index contributed by atoms with van der Waals surface area (Å²) >= 11 is 3.74. The van der Waals surface area contributed by atoms with Crippen LogP contribution in [-0.2, 0) is 25.3 Å². The van der Waals surface area contributed by atoms with Crippen LogP contribution in [0.5, 0.6) is 0 Å². The number of rotatable bonds is 10. The number of hydrogen-bond donors (Lipinski definition) is 0. The van der Waals surface area contributed by atoms with Crippen LogP contribution in [0.4, 0.5) is 4.79 Å². The van der Waals surface area contributed by atoms with E-state index in [-0.39, 0.29) is 9.83 Å². The lowest BCUT2D eigenvalue weighted by Gasteiger charge is -2.42. The first kappa shape index (κ1) is 31.1. The zero-order chi connectivity index (χ0) is 28.0. The molecule has 2 aromatic carbocycles. The standard InChI is InChI=1S/C29H43NO4S3Si/c1-28(2,3)34-27(31)30(37(32,33)20-21-38(4,5)6)26(22-24-14-9-7-10-15-24)23-29(35-18-13-19-36-29)25-16-11-8-12-17-25/h7-12,14-17,26H,13,18-23H2,1-6H3/t26-/m0/s1. The Hall–Kier alpha value is -1.42. The molecule has 3 rings (SSSR count). The van der Waals surface area contributed by atoms with Crippen molar-refractivity contribution in [2.24, 2.45) is 0 Å². The molecule has 0 radical (unpaired) electrons. The van der Waals surface area contributed by atoms with E-state index in [0.29, 0.717) is 18.9 Å². The lowest BCUT2D eigenvalue weighted by Crippen LogP contribution is -2.51. The molecule has 0 N–H and O–H groups in total. The summed E-state index contributed by atoms with van der Waals surface area (Å²) in [6.07, 6.45) is 1.27. The zero-order valence-corrected chi connectivity index (χ0v) is 27.1. The lowest BCUT2D eigenvalue weighted by molar-refractivity contribution is 0.0331. The lowest BCUT2D eigenvalue weighted by atomic mass is 9.98. The average molecular weight is 594 g/mol. The van der Waals surface area contributed by atoms with Crippen molar-refractivity contribution in [2.75, 3.05) is 17.3 Å². The Morgan fingerprint density at radius 1 is 1.00 bits per heavy atom. The molecule has 2 aromatic rings. The maximum Gasteiger partial charge on any atom is 0.424 e. The molecule has 1 aliphatic heterocycles. The molecule has 1 aliphatic rings. The van der Waals surface area contributed by atoms with Gasteiger partial charge in [0.25, 0.3) is 0 Å². The highest BCUT2D eigenvalue weighted by atomic mass is 32.2. The van der Waals surface area contributed by atoms with Gasteiger partial charge in [-0.3, -0.25) is 0 Å². The molecule has 0 unspecified atom stereocenters. The SMILES string of the molecule is CC(C)(C)OC(=O)N([C@@H](Cc1ccccc1)CC1(c2ccccc2)SCCCS1)S(=O)(=O)CC[Si](C)(C)C. The minimum atomic E-state index is -3.93. The molecule has 210 valence electrons. The van der Waals surface area contributed by atoms with E-state index in [0.717, 1.165) is 33.4 Å². The van der Waals surface area contributed by atoms with Gasteiger partial charge >= 0.3 is 6.09 Å². The Morgan fingerprint density at radius 3 is 2.08 bits per heavy atom. The molecule has 1 saturated heterocycles. The Labute approximate surface area is 239 Å². The van der Waals surface area contributed by atoms with Crippen molar-refractivity contribution in [2.45, 2.75) is 81.4 Å². The van der Waals surface area contributed by atoms with Crippen molar-refractivity contribution in [3.63, 3.8) is 0 Å². The van der Waals surface area contributed by atoms with Crippen LogP contribution in [0, 0.1) is 0 Å². The molecule has 9 heteroatoms. The number of carbonyl (C=O) groups is 1. The minimum Gasteiger partial charge on any atom is -0.443 e. The summed E-state index contributed by atoms with van der Waals surface area (Å²) in [6.45, 7) is 11.8. The summed E-state index contributed by atoms with van der Waals surface area (Å²) in [5.74, 6) is 1.94. The van der Waals surface area contributed by atoms with Gasteiger partial charge in [-0.05, 0) is 68.7 Å². The summed E-state index contributed by atoms with van der Waals surface area (Å²) in [6, 6.07) is 20.2. The average Bonchev–Trinajstić information content (AvgIpc) is 2.83. The summed E-state index contributed by atoms with van der Waals surface area (Å²) in [4.78, 5) is 13.8. The van der Waals surface area contributed by atoms with Crippen LogP contribution in [-0.4, -0.2) is 55.8 Å². The second-order valence-corrected chi connectivity index (χ2v) is 22.8. The normalized spacial score (nSPS) is 17.0. The van der Waals surface area contributed by atoms with Gasteiger partial charge in [0, 0.05) is 8.07 Å². The van der Waals surface area contributed by atoms with Crippen molar-refractivity contribution >= 4 is 47.7 Å². The number of thioether (sulfide) groups is 2. The van der Waals surface area contributed by atoms with Crippen LogP contribution >= 0.6 is 23.5 Å². The maximum absolute atomic E-state index is 14.1. The topological polar surface area (TPSA) is 63.7 Å². The van der Waals surface area contributed by atoms with E-state index in [1.165, 1.54) is 0 Å². The van der Waals surface area contributed by atoms with Crippen LogP contribution in [0.1, 0.15) is 44.7 Å². The third kappa shape index (κ3) is 9.06. The van der Waals surface area contributed by atoms with Gasteiger partial charge in [0.2, 0.25) is 10.0 Å². The van der Waals surface area contributed by atoms with Crippen molar-refractivity contribution in [3.05, 3.63) is 71.8 Å². The highest BCUT2D eigenvalue weighted by Gasteiger charge is 2.45. The number of carbonyl (C=O) groups excluding carboxylic acids is 1. The largest absolute Gasteiger partial charge is 0.443 e. The predicted molar refractivity (Wildman–Crippen MR) is 166 cm³/mol. The van der Waals surface area contributed by atoms with Gasteiger partial charge in [-0.1, -0.05) is 80.3 Å².